The molecule has 8 heteroatoms. The molecule has 0 aliphatic heterocycles. The van der Waals surface area contributed by atoms with E-state index in [4.69, 9.17) is 18.5 Å². The maximum atomic E-state index is 12.3. The van der Waals surface area contributed by atoms with Gasteiger partial charge in [-0.2, -0.15) is 0 Å². The molecule has 0 fully saturated rings. The molecular weight excluding hydrogens is 297 g/mol. The lowest BCUT2D eigenvalue weighted by Crippen LogP contribution is -2.14. The lowest BCUT2D eigenvalue weighted by molar-refractivity contribution is 0.212. The van der Waals surface area contributed by atoms with Crippen molar-refractivity contribution in [3.63, 3.8) is 0 Å². The molecule has 0 aliphatic carbocycles. The molecule has 0 unspecified atom stereocenters. The average molecular weight is 317 g/mol. The topological polar surface area (TPSA) is 83.1 Å². The van der Waals surface area contributed by atoms with Gasteiger partial charge in [-0.05, 0) is 26.0 Å². The van der Waals surface area contributed by atoms with Gasteiger partial charge in [-0.3, -0.25) is 4.79 Å². The molecule has 0 saturated carbocycles. The van der Waals surface area contributed by atoms with Crippen LogP contribution in [0.2, 0.25) is 0 Å². The van der Waals surface area contributed by atoms with E-state index >= 15 is 0 Å². The second-order valence-corrected chi connectivity index (χ2v) is 5.75. The number of rotatable bonds is 8. The third-order valence-corrected chi connectivity index (χ3v) is 4.29. The molecular formula is C13H20NO6P. The smallest absolute Gasteiger partial charge is 0.418 e. The van der Waals surface area contributed by atoms with Crippen LogP contribution < -0.4 is 14.8 Å². The number of anilines is 1. The Kier molecular flexibility index (Phi) is 6.68. The summed E-state index contributed by atoms with van der Waals surface area (Å²) >= 11 is 0. The van der Waals surface area contributed by atoms with Gasteiger partial charge < -0.3 is 23.8 Å². The lowest BCUT2D eigenvalue weighted by atomic mass is 10.3. The Bertz CT molecular complexity index is 523. The molecule has 0 heterocycles. The van der Waals surface area contributed by atoms with Gasteiger partial charge in [0, 0.05) is 11.8 Å². The van der Waals surface area contributed by atoms with E-state index in [1.807, 2.05) is 0 Å². The predicted octanol–water partition coefficient (Wildman–Crippen LogP) is 3.50. The quantitative estimate of drug-likeness (QED) is 0.739. The number of methoxy groups -OCH3 is 2. The summed E-state index contributed by atoms with van der Waals surface area (Å²) in [5.41, 5.74) is -0.421. The maximum absolute atomic E-state index is 12.3. The van der Waals surface area contributed by atoms with E-state index in [-0.39, 0.29) is 13.2 Å². The van der Waals surface area contributed by atoms with Gasteiger partial charge in [0.1, 0.15) is 0 Å². The Labute approximate surface area is 124 Å². The number of hydrogen-bond acceptors (Lipinski definition) is 6. The van der Waals surface area contributed by atoms with Crippen LogP contribution in [-0.4, -0.2) is 33.1 Å². The van der Waals surface area contributed by atoms with Crippen LogP contribution in [0.5, 0.6) is 11.5 Å². The first kappa shape index (κ1) is 17.5. The van der Waals surface area contributed by atoms with Crippen LogP contribution >= 0.6 is 7.60 Å². The van der Waals surface area contributed by atoms with Crippen molar-refractivity contribution >= 4 is 18.9 Å². The van der Waals surface area contributed by atoms with E-state index in [0.29, 0.717) is 17.2 Å². The third-order valence-electron chi connectivity index (χ3n) is 2.48. The van der Waals surface area contributed by atoms with Crippen LogP contribution in [-0.2, 0) is 13.6 Å². The molecule has 0 bridgehead atoms. The number of benzene rings is 1. The molecule has 118 valence electrons. The molecule has 0 saturated heterocycles. The summed E-state index contributed by atoms with van der Waals surface area (Å²) in [6, 6.07) is 4.78. The van der Waals surface area contributed by atoms with Crippen LogP contribution in [0.1, 0.15) is 13.8 Å². The van der Waals surface area contributed by atoms with Gasteiger partial charge in [-0.15, -0.1) is 0 Å². The highest BCUT2D eigenvalue weighted by atomic mass is 31.2. The van der Waals surface area contributed by atoms with Crippen molar-refractivity contribution in [2.75, 3.05) is 32.8 Å². The number of carbonyl (C=O) groups is 1. The van der Waals surface area contributed by atoms with Crippen molar-refractivity contribution in [2.45, 2.75) is 13.8 Å². The number of amides is 1. The van der Waals surface area contributed by atoms with Crippen molar-refractivity contribution in [3.05, 3.63) is 18.2 Å². The van der Waals surface area contributed by atoms with E-state index in [1.165, 1.54) is 14.2 Å². The van der Waals surface area contributed by atoms with Crippen molar-refractivity contribution in [2.24, 2.45) is 0 Å². The van der Waals surface area contributed by atoms with Gasteiger partial charge in [0.2, 0.25) is 0 Å². The highest BCUT2D eigenvalue weighted by Crippen LogP contribution is 2.49. The Morgan fingerprint density at radius 1 is 1.10 bits per heavy atom. The molecule has 0 aliphatic rings. The summed E-state index contributed by atoms with van der Waals surface area (Å²) in [6.45, 7) is 3.48. The second kappa shape index (κ2) is 8.02. The summed E-state index contributed by atoms with van der Waals surface area (Å²) in [5.74, 6) is 0.964. The first-order valence-corrected chi connectivity index (χ1v) is 7.97. The van der Waals surface area contributed by atoms with Crippen LogP contribution in [0.15, 0.2) is 18.2 Å². The molecule has 21 heavy (non-hydrogen) atoms. The van der Waals surface area contributed by atoms with Crippen molar-refractivity contribution in [1.29, 1.82) is 0 Å². The summed E-state index contributed by atoms with van der Waals surface area (Å²) in [7, 11) is -0.851. The Balaban J connectivity index is 2.93. The fraction of sp³-hybridized carbons (Fsp3) is 0.462. The summed E-state index contributed by atoms with van der Waals surface area (Å²) in [6.07, 6.45) is 0. The summed E-state index contributed by atoms with van der Waals surface area (Å²) in [5, 5.41) is 2.49. The standard InChI is InChI=1S/C13H20NO6P/c1-5-19-21(16,20-6-2)13(15)14-10-7-8-11(17-3)12(9-10)18-4/h7-9H,5-6H2,1-4H3,(H,14,15). The average Bonchev–Trinajstić information content (AvgIpc) is 2.47. The number of hydrogen-bond donors (Lipinski definition) is 1. The Morgan fingerprint density at radius 2 is 1.67 bits per heavy atom. The van der Waals surface area contributed by atoms with Gasteiger partial charge in [-0.1, -0.05) is 0 Å². The minimum Gasteiger partial charge on any atom is -0.493 e. The van der Waals surface area contributed by atoms with E-state index in [1.54, 1.807) is 32.0 Å². The molecule has 1 rings (SSSR count). The number of carbonyl (C=O) groups excluding carboxylic acids is 1. The van der Waals surface area contributed by atoms with Gasteiger partial charge in [-0.25, -0.2) is 4.57 Å². The molecule has 1 N–H and O–H groups in total. The number of nitrogens with one attached hydrogen (secondary N) is 1. The second-order valence-electron chi connectivity index (χ2n) is 3.83. The molecule has 1 aromatic rings. The first-order valence-electron chi connectivity index (χ1n) is 6.43. The van der Waals surface area contributed by atoms with Gasteiger partial charge >= 0.3 is 13.2 Å². The maximum Gasteiger partial charge on any atom is 0.418 e. The van der Waals surface area contributed by atoms with Crippen LogP contribution in [0.4, 0.5) is 10.5 Å². The SMILES string of the molecule is CCOP(=O)(OCC)C(=O)Nc1ccc(OC)c(OC)c1. The molecule has 0 atom stereocenters. The van der Waals surface area contributed by atoms with Crippen molar-refractivity contribution < 1.29 is 27.9 Å². The number of ether oxygens (including phenoxy) is 2. The fourth-order valence-electron chi connectivity index (χ4n) is 1.60. The first-order chi connectivity index (χ1) is 10.0. The van der Waals surface area contributed by atoms with E-state index in [2.05, 4.69) is 5.32 Å². The van der Waals surface area contributed by atoms with Crippen LogP contribution in [0.25, 0.3) is 0 Å². The fourth-order valence-corrected chi connectivity index (χ4v) is 2.86. The normalized spacial score (nSPS) is 11.0. The zero-order chi connectivity index (χ0) is 15.9. The molecule has 0 aromatic heterocycles. The zero-order valence-corrected chi connectivity index (χ0v) is 13.4. The minimum atomic E-state index is -3.84. The monoisotopic (exact) mass is 317 g/mol. The zero-order valence-electron chi connectivity index (χ0n) is 12.5. The van der Waals surface area contributed by atoms with Gasteiger partial charge in [0.15, 0.2) is 11.5 Å². The lowest BCUT2D eigenvalue weighted by Gasteiger charge is -2.16. The third kappa shape index (κ3) is 4.46. The summed E-state index contributed by atoms with van der Waals surface area (Å²) < 4.78 is 32.5. The molecule has 1 amide bonds. The Morgan fingerprint density at radius 3 is 2.14 bits per heavy atom. The summed E-state index contributed by atoms with van der Waals surface area (Å²) in [4.78, 5) is 12.1. The molecule has 1 aromatic carbocycles. The van der Waals surface area contributed by atoms with E-state index in [0.717, 1.165) is 0 Å². The van der Waals surface area contributed by atoms with Crippen molar-refractivity contribution in [3.8, 4) is 11.5 Å². The van der Waals surface area contributed by atoms with E-state index < -0.39 is 13.2 Å². The van der Waals surface area contributed by atoms with E-state index in [9.17, 15) is 9.36 Å². The highest BCUT2D eigenvalue weighted by Gasteiger charge is 2.34. The molecule has 0 radical (unpaired) electrons. The van der Waals surface area contributed by atoms with Gasteiger partial charge in [0.25, 0.3) is 0 Å². The van der Waals surface area contributed by atoms with Crippen LogP contribution in [0.3, 0.4) is 0 Å². The predicted molar refractivity (Wildman–Crippen MR) is 79.4 cm³/mol. The van der Waals surface area contributed by atoms with Crippen molar-refractivity contribution in [1.82, 2.24) is 0 Å². The Hall–Kier alpha value is -1.56. The molecule has 0 spiro atoms. The minimum absolute atomic E-state index is 0.108. The molecule has 7 nitrogen and oxygen atoms in total. The van der Waals surface area contributed by atoms with Crippen LogP contribution in [0, 0.1) is 0 Å². The van der Waals surface area contributed by atoms with Gasteiger partial charge in [0.05, 0.1) is 27.4 Å². The highest BCUT2D eigenvalue weighted by molar-refractivity contribution is 7.72. The largest absolute Gasteiger partial charge is 0.493 e.